The van der Waals surface area contributed by atoms with Gasteiger partial charge >= 0.3 is 0 Å². The number of aromatic nitrogens is 1. The molecule has 1 aromatic heterocycles. The fourth-order valence-corrected chi connectivity index (χ4v) is 4.38. The minimum atomic E-state index is -0.352. The number of aryl methyl sites for hydroxylation is 1. The molecule has 2 aliphatic heterocycles. The normalized spacial score (nSPS) is 24.8. The van der Waals surface area contributed by atoms with E-state index in [9.17, 15) is 9.59 Å². The van der Waals surface area contributed by atoms with E-state index in [1.165, 1.54) is 12.8 Å². The van der Waals surface area contributed by atoms with Crippen molar-refractivity contribution in [3.63, 3.8) is 0 Å². The number of pyridine rings is 1. The zero-order valence-electron chi connectivity index (χ0n) is 15.2. The molecule has 1 amide bonds. The molecule has 2 atom stereocenters. The Hall–Kier alpha value is -2.13. The average Bonchev–Trinajstić information content (AvgIpc) is 2.91. The lowest BCUT2D eigenvalue weighted by Gasteiger charge is -2.35. The van der Waals surface area contributed by atoms with E-state index in [-0.39, 0.29) is 17.0 Å². The zero-order valence-corrected chi connectivity index (χ0v) is 15.2. The third kappa shape index (κ3) is 3.47. The molecule has 2 bridgehead atoms. The summed E-state index contributed by atoms with van der Waals surface area (Å²) < 4.78 is 0. The van der Waals surface area contributed by atoms with E-state index in [1.807, 2.05) is 24.9 Å². The van der Waals surface area contributed by atoms with Gasteiger partial charge in [0, 0.05) is 37.3 Å². The van der Waals surface area contributed by atoms with Crippen molar-refractivity contribution < 1.29 is 4.79 Å². The third-order valence-electron chi connectivity index (χ3n) is 5.90. The van der Waals surface area contributed by atoms with Gasteiger partial charge in [0.05, 0.1) is 0 Å². The molecule has 6 heteroatoms. The Morgan fingerprint density at radius 2 is 1.92 bits per heavy atom. The Kier molecular flexibility index (Phi) is 4.96. The van der Waals surface area contributed by atoms with Crippen molar-refractivity contribution in [2.75, 3.05) is 7.05 Å². The molecular weight excluding hydrogens is 316 g/mol. The van der Waals surface area contributed by atoms with Crippen LogP contribution in [0.1, 0.15) is 54.5 Å². The first kappa shape index (κ1) is 17.7. The predicted octanol–water partition coefficient (Wildman–Crippen LogP) is 1.54. The summed E-state index contributed by atoms with van der Waals surface area (Å²) in [7, 11) is 1.91. The fourth-order valence-electron chi connectivity index (χ4n) is 4.38. The lowest BCUT2D eigenvalue weighted by Crippen LogP contribution is -2.48. The van der Waals surface area contributed by atoms with Crippen LogP contribution < -0.4 is 10.9 Å². The van der Waals surface area contributed by atoms with Gasteiger partial charge in [-0.3, -0.25) is 9.59 Å². The van der Waals surface area contributed by atoms with Gasteiger partial charge in [-0.2, -0.15) is 5.26 Å². The summed E-state index contributed by atoms with van der Waals surface area (Å²) in [6.45, 7) is 3.61. The number of nitrogens with zero attached hydrogens (tertiary/aromatic N) is 2. The number of carbonyl (C=O) groups is 1. The van der Waals surface area contributed by atoms with Crippen molar-refractivity contribution in [3.8, 4) is 6.07 Å². The van der Waals surface area contributed by atoms with E-state index in [4.69, 9.17) is 5.26 Å². The molecule has 0 aliphatic carbocycles. The number of hydrogen-bond donors (Lipinski definition) is 2. The number of carbonyl (C=O) groups excluding carboxylic acids is 1. The summed E-state index contributed by atoms with van der Waals surface area (Å²) in [4.78, 5) is 29.1. The number of hydrogen-bond acceptors (Lipinski definition) is 4. The Morgan fingerprint density at radius 1 is 1.28 bits per heavy atom. The van der Waals surface area contributed by atoms with Crippen LogP contribution in [0.2, 0.25) is 0 Å². The van der Waals surface area contributed by atoms with Crippen molar-refractivity contribution in [1.82, 2.24) is 15.2 Å². The first-order valence-electron chi connectivity index (χ1n) is 9.04. The molecule has 1 aromatic rings. The molecule has 2 unspecified atom stereocenters. The van der Waals surface area contributed by atoms with Gasteiger partial charge in [-0.15, -0.1) is 0 Å². The first-order chi connectivity index (χ1) is 11.9. The second-order valence-corrected chi connectivity index (χ2v) is 7.44. The lowest BCUT2D eigenvalue weighted by atomic mass is 9.96. The predicted molar refractivity (Wildman–Crippen MR) is 95.3 cm³/mol. The largest absolute Gasteiger partial charge is 0.343 e. The topological polar surface area (TPSA) is 89.0 Å². The third-order valence-corrected chi connectivity index (χ3v) is 5.90. The summed E-state index contributed by atoms with van der Waals surface area (Å²) in [5.74, 6) is 0.134. The fraction of sp³-hybridized carbons (Fsp3) is 0.632. The van der Waals surface area contributed by atoms with Gasteiger partial charge in [0.25, 0.3) is 5.56 Å². The highest BCUT2D eigenvalue weighted by molar-refractivity contribution is 5.76. The van der Waals surface area contributed by atoms with Crippen molar-refractivity contribution in [2.45, 2.75) is 70.5 Å². The Morgan fingerprint density at radius 3 is 2.52 bits per heavy atom. The summed E-state index contributed by atoms with van der Waals surface area (Å²) in [5.41, 5.74) is 2.14. The van der Waals surface area contributed by atoms with Gasteiger partial charge in [0.15, 0.2) is 0 Å². The van der Waals surface area contributed by atoms with Crippen LogP contribution in [0, 0.1) is 25.2 Å². The van der Waals surface area contributed by atoms with E-state index < -0.39 is 0 Å². The van der Waals surface area contributed by atoms with Crippen LogP contribution in [-0.4, -0.2) is 41.0 Å². The van der Waals surface area contributed by atoms with Crippen LogP contribution in [0.15, 0.2) is 4.79 Å². The molecule has 2 N–H and O–H groups in total. The van der Waals surface area contributed by atoms with Crippen LogP contribution in [0.5, 0.6) is 0 Å². The van der Waals surface area contributed by atoms with Gasteiger partial charge < -0.3 is 15.2 Å². The molecule has 3 rings (SSSR count). The number of nitriles is 1. The maximum atomic E-state index is 12.7. The minimum absolute atomic E-state index is 0.134. The van der Waals surface area contributed by atoms with Crippen molar-refractivity contribution >= 4 is 5.91 Å². The molecule has 6 nitrogen and oxygen atoms in total. The second-order valence-electron chi connectivity index (χ2n) is 7.44. The molecule has 0 radical (unpaired) electrons. The average molecular weight is 342 g/mol. The highest BCUT2D eigenvalue weighted by Crippen LogP contribution is 2.29. The highest BCUT2D eigenvalue weighted by atomic mass is 16.2. The Labute approximate surface area is 148 Å². The van der Waals surface area contributed by atoms with Crippen LogP contribution in [-0.2, 0) is 11.2 Å². The lowest BCUT2D eigenvalue weighted by molar-refractivity contribution is -0.132. The minimum Gasteiger partial charge on any atom is -0.343 e. The number of aromatic amines is 1. The number of H-pyrrole nitrogens is 1. The van der Waals surface area contributed by atoms with Gasteiger partial charge in [-0.05, 0) is 57.1 Å². The van der Waals surface area contributed by atoms with Crippen molar-refractivity contribution in [2.24, 2.45) is 0 Å². The molecule has 0 saturated carbocycles. The van der Waals surface area contributed by atoms with E-state index in [1.54, 1.807) is 6.92 Å². The molecule has 2 fully saturated rings. The van der Waals surface area contributed by atoms with E-state index in [0.717, 1.165) is 24.1 Å². The maximum absolute atomic E-state index is 12.7. The van der Waals surface area contributed by atoms with Gasteiger partial charge in [-0.1, -0.05) is 0 Å². The number of fused-ring (bicyclic) bond motifs is 2. The Balaban J connectivity index is 1.66. The smallest absolute Gasteiger partial charge is 0.266 e. The van der Waals surface area contributed by atoms with E-state index >= 15 is 0 Å². The number of rotatable bonds is 4. The maximum Gasteiger partial charge on any atom is 0.266 e. The van der Waals surface area contributed by atoms with Crippen LogP contribution in [0.4, 0.5) is 0 Å². The SMILES string of the molecule is Cc1[nH]c(=O)c(C#N)c(C)c1CCC(=O)N(C)C1CC2CCC(C1)N2. The molecule has 25 heavy (non-hydrogen) atoms. The zero-order chi connectivity index (χ0) is 18.1. The summed E-state index contributed by atoms with van der Waals surface area (Å²) in [5, 5.41) is 12.8. The van der Waals surface area contributed by atoms with Crippen LogP contribution in [0.25, 0.3) is 0 Å². The van der Waals surface area contributed by atoms with Gasteiger partial charge in [0.2, 0.25) is 5.91 Å². The standard InChI is InChI=1S/C19H26N4O2/c1-11-16(12(2)21-19(25)17(11)10-20)6-7-18(24)23(3)15-8-13-4-5-14(9-15)22-13/h13-15,22H,4-9H2,1-3H3,(H,21,25). The van der Waals surface area contributed by atoms with Crippen LogP contribution >= 0.6 is 0 Å². The molecular formula is C19H26N4O2. The van der Waals surface area contributed by atoms with Crippen molar-refractivity contribution in [1.29, 1.82) is 5.26 Å². The molecule has 2 aliphatic rings. The van der Waals surface area contributed by atoms with Gasteiger partial charge in [0.1, 0.15) is 11.6 Å². The summed E-state index contributed by atoms with van der Waals surface area (Å²) in [6.07, 6.45) is 5.45. The summed E-state index contributed by atoms with van der Waals surface area (Å²) >= 11 is 0. The first-order valence-corrected chi connectivity index (χ1v) is 9.04. The highest BCUT2D eigenvalue weighted by Gasteiger charge is 2.36. The number of piperidine rings is 1. The molecule has 0 spiro atoms. The van der Waals surface area contributed by atoms with Gasteiger partial charge in [-0.25, -0.2) is 0 Å². The molecule has 0 aromatic carbocycles. The number of nitrogens with one attached hydrogen (secondary N) is 2. The quantitative estimate of drug-likeness (QED) is 0.868. The number of amides is 1. The monoisotopic (exact) mass is 342 g/mol. The van der Waals surface area contributed by atoms with Crippen molar-refractivity contribution in [3.05, 3.63) is 32.7 Å². The Bertz CT molecular complexity index is 765. The molecule has 2 saturated heterocycles. The molecule has 134 valence electrons. The summed E-state index contributed by atoms with van der Waals surface area (Å²) in [6, 6.07) is 3.39. The molecule has 3 heterocycles. The van der Waals surface area contributed by atoms with Crippen LogP contribution in [0.3, 0.4) is 0 Å². The van der Waals surface area contributed by atoms with E-state index in [2.05, 4.69) is 10.3 Å². The second kappa shape index (κ2) is 7.01. The van der Waals surface area contributed by atoms with E-state index in [0.29, 0.717) is 36.5 Å².